The van der Waals surface area contributed by atoms with Crippen molar-refractivity contribution in [2.75, 3.05) is 19.6 Å². The second-order valence-corrected chi connectivity index (χ2v) is 8.70. The van der Waals surface area contributed by atoms with Crippen LogP contribution in [0.15, 0.2) is 0 Å². The first-order chi connectivity index (χ1) is 9.39. The summed E-state index contributed by atoms with van der Waals surface area (Å²) in [5, 5.41) is 2.82. The third kappa shape index (κ3) is 5.01. The molecule has 0 spiro atoms. The molecule has 5 heteroatoms. The zero-order valence-electron chi connectivity index (χ0n) is 13.6. The molecule has 1 aliphatic rings. The lowest BCUT2D eigenvalue weighted by molar-refractivity contribution is 0.301. The summed E-state index contributed by atoms with van der Waals surface area (Å²) in [4.78, 5) is 0. The molecule has 1 saturated carbocycles. The molecule has 0 heterocycles. The fourth-order valence-corrected chi connectivity index (χ4v) is 4.56. The Morgan fingerprint density at radius 1 is 1.20 bits per heavy atom. The molecule has 0 aromatic heterocycles. The molecule has 0 aromatic carbocycles. The molecule has 120 valence electrons. The summed E-state index contributed by atoms with van der Waals surface area (Å²) in [5.41, 5.74) is 0. The minimum absolute atomic E-state index is 0.239. The van der Waals surface area contributed by atoms with Crippen LogP contribution < -0.4 is 5.32 Å². The molecular formula is C15H32N2O2S. The van der Waals surface area contributed by atoms with Crippen molar-refractivity contribution in [3.05, 3.63) is 0 Å². The van der Waals surface area contributed by atoms with E-state index in [-0.39, 0.29) is 11.3 Å². The Balaban J connectivity index is 2.78. The quantitative estimate of drug-likeness (QED) is 0.712. The van der Waals surface area contributed by atoms with Gasteiger partial charge >= 0.3 is 0 Å². The molecule has 20 heavy (non-hydrogen) atoms. The van der Waals surface area contributed by atoms with Crippen LogP contribution in [0.3, 0.4) is 0 Å². The molecule has 0 saturated heterocycles. The van der Waals surface area contributed by atoms with Crippen molar-refractivity contribution < 1.29 is 8.42 Å². The average Bonchev–Trinajstić information content (AvgIpc) is 2.89. The zero-order chi connectivity index (χ0) is 15.2. The van der Waals surface area contributed by atoms with E-state index in [1.54, 1.807) is 0 Å². The maximum absolute atomic E-state index is 12.8. The third-order valence-corrected chi connectivity index (χ3v) is 6.49. The van der Waals surface area contributed by atoms with Gasteiger partial charge in [0, 0.05) is 19.1 Å². The van der Waals surface area contributed by atoms with E-state index < -0.39 is 10.0 Å². The summed E-state index contributed by atoms with van der Waals surface area (Å²) in [6.07, 6.45) is 5.35. The van der Waals surface area contributed by atoms with Gasteiger partial charge in [-0.25, -0.2) is 8.42 Å². The van der Waals surface area contributed by atoms with Crippen LogP contribution in [0, 0.1) is 5.92 Å². The van der Waals surface area contributed by atoms with E-state index in [1.807, 2.05) is 18.2 Å². The smallest absolute Gasteiger partial charge is 0.218 e. The molecule has 4 nitrogen and oxygen atoms in total. The minimum atomic E-state index is -3.18. The number of hydrogen-bond acceptors (Lipinski definition) is 3. The molecule has 0 bridgehead atoms. The molecule has 1 N–H and O–H groups in total. The van der Waals surface area contributed by atoms with Crippen LogP contribution in [0.5, 0.6) is 0 Å². The number of hydrogen-bond donors (Lipinski definition) is 1. The summed E-state index contributed by atoms with van der Waals surface area (Å²) in [7, 11) is -3.18. The Hall–Kier alpha value is -0.130. The van der Waals surface area contributed by atoms with Crippen LogP contribution in [0.4, 0.5) is 0 Å². The average molecular weight is 305 g/mol. The first-order valence-electron chi connectivity index (χ1n) is 8.11. The van der Waals surface area contributed by atoms with Crippen LogP contribution in [0.1, 0.15) is 59.8 Å². The van der Waals surface area contributed by atoms with Crippen molar-refractivity contribution in [1.82, 2.24) is 9.62 Å². The van der Waals surface area contributed by atoms with Gasteiger partial charge in [-0.15, -0.1) is 0 Å². The van der Waals surface area contributed by atoms with Crippen LogP contribution in [0.2, 0.25) is 0 Å². The molecular weight excluding hydrogens is 272 g/mol. The van der Waals surface area contributed by atoms with Gasteiger partial charge in [0.1, 0.15) is 0 Å². The van der Waals surface area contributed by atoms with Gasteiger partial charge in [0.25, 0.3) is 0 Å². The summed E-state index contributed by atoms with van der Waals surface area (Å²) >= 11 is 0. The Bertz CT molecular complexity index is 362. The van der Waals surface area contributed by atoms with Crippen molar-refractivity contribution in [2.45, 2.75) is 71.1 Å². The van der Waals surface area contributed by atoms with E-state index in [0.29, 0.717) is 19.0 Å². The Labute approximate surface area is 125 Å². The normalized spacial score (nSPS) is 19.1. The van der Waals surface area contributed by atoms with E-state index >= 15 is 0 Å². The fraction of sp³-hybridized carbons (Fsp3) is 1.00. The second-order valence-electron chi connectivity index (χ2n) is 6.39. The third-order valence-electron chi connectivity index (χ3n) is 4.18. The lowest BCUT2D eigenvalue weighted by Gasteiger charge is -2.31. The largest absolute Gasteiger partial charge is 0.316 e. The maximum atomic E-state index is 12.8. The van der Waals surface area contributed by atoms with Gasteiger partial charge in [-0.1, -0.05) is 33.6 Å². The summed E-state index contributed by atoms with van der Waals surface area (Å²) < 4.78 is 27.5. The van der Waals surface area contributed by atoms with E-state index in [2.05, 4.69) is 19.2 Å². The number of nitrogens with zero attached hydrogens (tertiary/aromatic N) is 1. The van der Waals surface area contributed by atoms with Crippen LogP contribution in [-0.4, -0.2) is 43.6 Å². The van der Waals surface area contributed by atoms with Gasteiger partial charge < -0.3 is 5.32 Å². The van der Waals surface area contributed by atoms with Gasteiger partial charge in [-0.05, 0) is 38.6 Å². The van der Waals surface area contributed by atoms with E-state index in [0.717, 1.165) is 25.8 Å². The highest BCUT2D eigenvalue weighted by Gasteiger charge is 2.35. The minimum Gasteiger partial charge on any atom is -0.316 e. The Kier molecular flexibility index (Phi) is 7.48. The van der Waals surface area contributed by atoms with Crippen molar-refractivity contribution in [3.8, 4) is 0 Å². The predicted octanol–water partition coefficient (Wildman–Crippen LogP) is 2.60. The first-order valence-corrected chi connectivity index (χ1v) is 9.61. The molecule has 0 amide bonds. The van der Waals surface area contributed by atoms with Crippen molar-refractivity contribution in [1.29, 1.82) is 0 Å². The maximum Gasteiger partial charge on any atom is 0.218 e. The molecule has 0 radical (unpaired) electrons. The van der Waals surface area contributed by atoms with Crippen molar-refractivity contribution in [2.24, 2.45) is 5.92 Å². The summed E-state index contributed by atoms with van der Waals surface area (Å²) in [6.45, 7) is 10.2. The molecule has 0 aromatic rings. The molecule has 1 rings (SSSR count). The second kappa shape index (κ2) is 8.35. The highest BCUT2D eigenvalue weighted by molar-refractivity contribution is 7.89. The first kappa shape index (κ1) is 17.9. The molecule has 1 atom stereocenters. The lowest BCUT2D eigenvalue weighted by atomic mass is 10.1. The Morgan fingerprint density at radius 3 is 2.30 bits per heavy atom. The van der Waals surface area contributed by atoms with E-state index in [9.17, 15) is 8.42 Å². The van der Waals surface area contributed by atoms with Crippen molar-refractivity contribution in [3.63, 3.8) is 0 Å². The summed E-state index contributed by atoms with van der Waals surface area (Å²) in [5.74, 6) is 0.540. The highest BCUT2D eigenvalue weighted by atomic mass is 32.2. The standard InChI is InChI=1S/C15H32N2O2S/c1-5-16-12-14(4)20(18,19)17(11-10-13(2)3)15-8-6-7-9-15/h13-16H,5-12H2,1-4H3. The molecule has 1 aliphatic carbocycles. The summed E-state index contributed by atoms with van der Waals surface area (Å²) in [6, 6.07) is 0.239. The van der Waals surface area contributed by atoms with Gasteiger partial charge in [0.2, 0.25) is 10.0 Å². The Morgan fingerprint density at radius 2 is 1.80 bits per heavy atom. The highest BCUT2D eigenvalue weighted by Crippen LogP contribution is 2.27. The van der Waals surface area contributed by atoms with Gasteiger partial charge in [0.05, 0.1) is 5.25 Å². The zero-order valence-corrected chi connectivity index (χ0v) is 14.4. The van der Waals surface area contributed by atoms with Gasteiger partial charge in [-0.3, -0.25) is 0 Å². The van der Waals surface area contributed by atoms with Crippen LogP contribution in [0.25, 0.3) is 0 Å². The predicted molar refractivity (Wildman–Crippen MR) is 85.3 cm³/mol. The SMILES string of the molecule is CCNCC(C)S(=O)(=O)N(CCC(C)C)C1CCCC1. The van der Waals surface area contributed by atoms with Crippen molar-refractivity contribution >= 4 is 10.0 Å². The fourth-order valence-electron chi connectivity index (χ4n) is 2.78. The van der Waals surface area contributed by atoms with Crippen LogP contribution in [-0.2, 0) is 10.0 Å². The molecule has 1 unspecified atom stereocenters. The topological polar surface area (TPSA) is 49.4 Å². The number of sulfonamides is 1. The van der Waals surface area contributed by atoms with E-state index in [4.69, 9.17) is 0 Å². The number of rotatable bonds is 9. The van der Waals surface area contributed by atoms with E-state index in [1.165, 1.54) is 12.8 Å². The van der Waals surface area contributed by atoms with Gasteiger partial charge in [0.15, 0.2) is 0 Å². The monoisotopic (exact) mass is 304 g/mol. The molecule has 0 aliphatic heterocycles. The van der Waals surface area contributed by atoms with Crippen LogP contribution >= 0.6 is 0 Å². The molecule has 1 fully saturated rings. The lowest BCUT2D eigenvalue weighted by Crippen LogP contribution is -2.46. The van der Waals surface area contributed by atoms with Gasteiger partial charge in [-0.2, -0.15) is 4.31 Å². The number of nitrogens with one attached hydrogen (secondary N) is 1.